The monoisotopic (exact) mass is 370 g/mol. The maximum absolute atomic E-state index is 6.82. The zero-order chi connectivity index (χ0) is 19.3. The average Bonchev–Trinajstić information content (AvgIpc) is 2.62. The third-order valence-electron chi connectivity index (χ3n) is 5.16. The van der Waals surface area contributed by atoms with Crippen molar-refractivity contribution in [3.8, 4) is 0 Å². The highest BCUT2D eigenvalue weighted by Crippen LogP contribution is 2.36. The zero-order valence-corrected chi connectivity index (χ0v) is 18.2. The summed E-state index contributed by atoms with van der Waals surface area (Å²) < 4.78 is 12.9. The van der Waals surface area contributed by atoms with E-state index in [1.54, 1.807) is 0 Å². The van der Waals surface area contributed by atoms with Gasteiger partial charge in [0, 0.05) is 0 Å². The minimum Gasteiger partial charge on any atom is -0.405 e. The van der Waals surface area contributed by atoms with Gasteiger partial charge in [-0.15, -0.1) is 0 Å². The first-order valence-electron chi connectivity index (χ1n) is 9.62. The largest absolute Gasteiger partial charge is 0.405 e. The van der Waals surface area contributed by atoms with Gasteiger partial charge in [-0.1, -0.05) is 88.4 Å². The number of rotatable bonds is 8. The van der Waals surface area contributed by atoms with E-state index in [9.17, 15) is 0 Å². The van der Waals surface area contributed by atoms with E-state index in [4.69, 9.17) is 9.16 Å². The molecule has 0 aromatic heterocycles. The number of hydrogen-bond acceptors (Lipinski definition) is 2. The van der Waals surface area contributed by atoms with Gasteiger partial charge in [-0.2, -0.15) is 0 Å². The fourth-order valence-corrected chi connectivity index (χ4v) is 7.92. The SMILES string of the molecule is CCC(C)(C)OCCO[Si](c1ccccc1)(c1ccccc1)C(C)(C)C. The standard InChI is InChI=1S/C23H34O2Si/c1-7-23(5,6)24-18-19-25-26(22(2,3)4,20-14-10-8-11-15-20)21-16-12-9-13-17-21/h8-17H,7,18-19H2,1-6H3. The van der Waals surface area contributed by atoms with Crippen LogP contribution in [0.5, 0.6) is 0 Å². The summed E-state index contributed by atoms with van der Waals surface area (Å²) in [6.07, 6.45) is 0.992. The fourth-order valence-electron chi connectivity index (χ4n) is 3.38. The molecule has 142 valence electrons. The van der Waals surface area contributed by atoms with Gasteiger partial charge in [0.25, 0.3) is 8.32 Å². The molecule has 2 aromatic rings. The van der Waals surface area contributed by atoms with E-state index in [1.807, 2.05) is 0 Å². The molecule has 0 saturated heterocycles. The lowest BCUT2D eigenvalue weighted by atomic mass is 10.1. The van der Waals surface area contributed by atoms with Gasteiger partial charge < -0.3 is 9.16 Å². The molecule has 0 aliphatic heterocycles. The third-order valence-corrected chi connectivity index (χ3v) is 10.2. The highest BCUT2D eigenvalue weighted by atomic mass is 28.4. The van der Waals surface area contributed by atoms with E-state index in [1.165, 1.54) is 10.4 Å². The Bertz CT molecular complexity index is 620. The maximum Gasteiger partial charge on any atom is 0.261 e. The van der Waals surface area contributed by atoms with Crippen molar-refractivity contribution in [1.29, 1.82) is 0 Å². The maximum atomic E-state index is 6.82. The lowest BCUT2D eigenvalue weighted by Gasteiger charge is -2.43. The second-order valence-electron chi connectivity index (χ2n) is 8.47. The van der Waals surface area contributed by atoms with Gasteiger partial charge >= 0.3 is 0 Å². The first-order chi connectivity index (χ1) is 12.2. The van der Waals surface area contributed by atoms with Gasteiger partial charge in [0.2, 0.25) is 0 Å². The summed E-state index contributed by atoms with van der Waals surface area (Å²) in [5.74, 6) is 0. The lowest BCUT2D eigenvalue weighted by molar-refractivity contribution is -0.0328. The summed E-state index contributed by atoms with van der Waals surface area (Å²) >= 11 is 0. The van der Waals surface area contributed by atoms with Crippen LogP contribution in [0.1, 0.15) is 48.0 Å². The highest BCUT2D eigenvalue weighted by Gasteiger charge is 2.50. The molecular formula is C23H34O2Si. The molecule has 0 heterocycles. The van der Waals surface area contributed by atoms with E-state index >= 15 is 0 Å². The number of ether oxygens (including phenoxy) is 1. The molecule has 0 aliphatic carbocycles. The molecule has 0 atom stereocenters. The molecular weight excluding hydrogens is 336 g/mol. The minimum absolute atomic E-state index is 0.00990. The normalized spacial score (nSPS) is 13.0. The molecule has 0 radical (unpaired) electrons. The van der Waals surface area contributed by atoms with Gasteiger partial charge in [0.1, 0.15) is 0 Å². The predicted molar refractivity (Wildman–Crippen MR) is 114 cm³/mol. The van der Waals surface area contributed by atoms with Gasteiger partial charge in [-0.25, -0.2) is 0 Å². The van der Waals surface area contributed by atoms with Crippen LogP contribution in [-0.2, 0) is 9.16 Å². The molecule has 0 amide bonds. The van der Waals surface area contributed by atoms with Crippen LogP contribution >= 0.6 is 0 Å². The van der Waals surface area contributed by atoms with E-state index in [-0.39, 0.29) is 10.6 Å². The molecule has 0 N–H and O–H groups in total. The van der Waals surface area contributed by atoms with Crippen molar-refractivity contribution in [2.75, 3.05) is 13.2 Å². The van der Waals surface area contributed by atoms with Crippen molar-refractivity contribution < 1.29 is 9.16 Å². The second kappa shape index (κ2) is 8.51. The van der Waals surface area contributed by atoms with E-state index < -0.39 is 8.32 Å². The molecule has 26 heavy (non-hydrogen) atoms. The quantitative estimate of drug-likeness (QED) is 0.492. The van der Waals surface area contributed by atoms with Crippen LogP contribution in [-0.4, -0.2) is 27.1 Å². The molecule has 0 spiro atoms. The van der Waals surface area contributed by atoms with Crippen molar-refractivity contribution in [2.45, 2.75) is 58.6 Å². The Hall–Kier alpha value is -1.42. The molecule has 2 rings (SSSR count). The summed E-state index contributed by atoms with van der Waals surface area (Å²) in [6, 6.07) is 21.5. The first kappa shape index (κ1) is 20.9. The van der Waals surface area contributed by atoms with Crippen LogP contribution in [0.15, 0.2) is 60.7 Å². The fraction of sp³-hybridized carbons (Fsp3) is 0.478. The smallest absolute Gasteiger partial charge is 0.261 e. The van der Waals surface area contributed by atoms with Crippen molar-refractivity contribution >= 4 is 18.7 Å². The Morgan fingerprint density at radius 1 is 0.731 bits per heavy atom. The van der Waals surface area contributed by atoms with E-state index in [0.29, 0.717) is 13.2 Å². The molecule has 2 nitrogen and oxygen atoms in total. The van der Waals surface area contributed by atoms with E-state index in [0.717, 1.165) is 6.42 Å². The summed E-state index contributed by atoms with van der Waals surface area (Å²) in [5, 5.41) is 2.64. The van der Waals surface area contributed by atoms with E-state index in [2.05, 4.69) is 102 Å². The lowest BCUT2D eigenvalue weighted by Crippen LogP contribution is -2.66. The van der Waals surface area contributed by atoms with Crippen LogP contribution in [0.25, 0.3) is 0 Å². The number of hydrogen-bond donors (Lipinski definition) is 0. The van der Waals surface area contributed by atoms with Crippen LogP contribution in [0.3, 0.4) is 0 Å². The molecule has 2 aromatic carbocycles. The summed E-state index contributed by atoms with van der Waals surface area (Å²) in [6.45, 7) is 14.6. The van der Waals surface area contributed by atoms with Gasteiger partial charge in [-0.3, -0.25) is 0 Å². The topological polar surface area (TPSA) is 18.5 Å². The van der Waals surface area contributed by atoms with Crippen molar-refractivity contribution in [3.63, 3.8) is 0 Å². The van der Waals surface area contributed by atoms with Crippen LogP contribution < -0.4 is 10.4 Å². The summed E-state index contributed by atoms with van der Waals surface area (Å²) in [5.41, 5.74) is -0.102. The minimum atomic E-state index is -2.44. The molecule has 0 aliphatic rings. The Morgan fingerprint density at radius 3 is 1.58 bits per heavy atom. The summed E-state index contributed by atoms with van der Waals surface area (Å²) in [4.78, 5) is 0. The highest BCUT2D eigenvalue weighted by molar-refractivity contribution is 6.99. The average molecular weight is 371 g/mol. The first-order valence-corrected chi connectivity index (χ1v) is 11.5. The van der Waals surface area contributed by atoms with Gasteiger partial charge in [0.05, 0.1) is 18.8 Å². The van der Waals surface area contributed by atoms with Crippen molar-refractivity contribution in [1.82, 2.24) is 0 Å². The van der Waals surface area contributed by atoms with Gasteiger partial charge in [-0.05, 0) is 35.7 Å². The molecule has 0 unspecified atom stereocenters. The Kier molecular flexibility index (Phi) is 6.84. The van der Waals surface area contributed by atoms with Crippen LogP contribution in [0.2, 0.25) is 5.04 Å². The molecule has 3 heteroatoms. The van der Waals surface area contributed by atoms with Crippen molar-refractivity contribution in [3.05, 3.63) is 60.7 Å². The Labute approximate surface area is 160 Å². The zero-order valence-electron chi connectivity index (χ0n) is 17.2. The summed E-state index contributed by atoms with van der Waals surface area (Å²) in [7, 11) is -2.44. The van der Waals surface area contributed by atoms with Gasteiger partial charge in [0.15, 0.2) is 0 Å². The molecule has 0 saturated carbocycles. The Morgan fingerprint density at radius 2 is 1.19 bits per heavy atom. The van der Waals surface area contributed by atoms with Crippen molar-refractivity contribution in [2.24, 2.45) is 0 Å². The third kappa shape index (κ3) is 4.64. The molecule has 0 bridgehead atoms. The van der Waals surface area contributed by atoms with Crippen LogP contribution in [0.4, 0.5) is 0 Å². The predicted octanol–water partition coefficient (Wildman–Crippen LogP) is 4.77. The Balaban J connectivity index is 2.38. The van der Waals surface area contributed by atoms with Crippen LogP contribution in [0, 0.1) is 0 Å². The second-order valence-corrected chi connectivity index (χ2v) is 12.8. The number of benzene rings is 2. The molecule has 0 fully saturated rings.